The van der Waals surface area contributed by atoms with Crippen LogP contribution in [0.25, 0.3) is 0 Å². The lowest BCUT2D eigenvalue weighted by atomic mass is 9.79. The molecule has 1 aliphatic rings. The van der Waals surface area contributed by atoms with Crippen molar-refractivity contribution in [2.45, 2.75) is 65.6 Å². The Morgan fingerprint density at radius 1 is 1.35 bits per heavy atom. The molecule has 0 radical (unpaired) electrons. The molecule has 0 amide bonds. The molecule has 0 aromatic heterocycles. The van der Waals surface area contributed by atoms with E-state index < -0.39 is 8.32 Å². The van der Waals surface area contributed by atoms with Gasteiger partial charge in [-0.2, -0.15) is 0 Å². The van der Waals surface area contributed by atoms with Crippen LogP contribution in [-0.2, 0) is 9.22 Å². The average molecular weight is 297 g/mol. The van der Waals surface area contributed by atoms with Crippen LogP contribution in [0.3, 0.4) is 0 Å². The summed E-state index contributed by atoms with van der Waals surface area (Å²) in [5.41, 5.74) is 0. The lowest BCUT2D eigenvalue weighted by Crippen LogP contribution is -2.43. The highest BCUT2D eigenvalue weighted by Gasteiger charge is 2.38. The Kier molecular flexibility index (Phi) is 5.79. The van der Waals surface area contributed by atoms with Crippen LogP contribution in [0.2, 0.25) is 18.1 Å². The van der Waals surface area contributed by atoms with E-state index in [4.69, 9.17) is 4.43 Å². The van der Waals surface area contributed by atoms with Crippen LogP contribution in [0, 0.1) is 17.8 Å². The van der Waals surface area contributed by atoms with Crippen LogP contribution in [-0.4, -0.2) is 20.7 Å². The predicted molar refractivity (Wildman–Crippen MR) is 88.3 cm³/mol. The van der Waals surface area contributed by atoms with Crippen LogP contribution in [0.1, 0.15) is 47.5 Å². The quantitative estimate of drug-likeness (QED) is 0.680. The van der Waals surface area contributed by atoms with Gasteiger partial charge in [-0.25, -0.2) is 0 Å². The number of allylic oxidation sites excluding steroid dienone is 2. The van der Waals surface area contributed by atoms with Gasteiger partial charge in [-0.15, -0.1) is 0 Å². The number of hydrogen-bond donors (Lipinski definition) is 0. The van der Waals surface area contributed by atoms with Crippen molar-refractivity contribution in [2.75, 3.05) is 6.61 Å². The molecule has 0 heterocycles. The Hall–Kier alpha value is -0.413. The molecule has 0 aromatic rings. The van der Waals surface area contributed by atoms with Gasteiger partial charge < -0.3 is 4.43 Å². The molecule has 116 valence electrons. The fourth-order valence-electron chi connectivity index (χ4n) is 2.41. The Morgan fingerprint density at radius 3 is 2.35 bits per heavy atom. The summed E-state index contributed by atoms with van der Waals surface area (Å²) in [5, 5.41) is 0.257. The van der Waals surface area contributed by atoms with Gasteiger partial charge in [0.2, 0.25) is 0 Å². The lowest BCUT2D eigenvalue weighted by molar-refractivity contribution is -0.115. The molecule has 0 unspecified atom stereocenters. The smallest absolute Gasteiger partial charge is 0.191 e. The first-order valence-corrected chi connectivity index (χ1v) is 10.8. The molecule has 2 nitrogen and oxygen atoms in total. The summed E-state index contributed by atoms with van der Waals surface area (Å²) in [6, 6.07) is 0. The zero-order valence-corrected chi connectivity index (χ0v) is 15.3. The summed E-state index contributed by atoms with van der Waals surface area (Å²) < 4.78 is 6.42. The summed E-state index contributed by atoms with van der Waals surface area (Å²) >= 11 is 0. The second-order valence-electron chi connectivity index (χ2n) is 8.01. The van der Waals surface area contributed by atoms with E-state index in [9.17, 15) is 4.79 Å². The summed E-state index contributed by atoms with van der Waals surface area (Å²) in [4.78, 5) is 11.3. The predicted octanol–water partition coefficient (Wildman–Crippen LogP) is 4.82. The lowest BCUT2D eigenvalue weighted by Gasteiger charge is -2.39. The van der Waals surface area contributed by atoms with Gasteiger partial charge in [0, 0.05) is 13.0 Å². The first-order chi connectivity index (χ1) is 9.04. The summed E-state index contributed by atoms with van der Waals surface area (Å²) in [6.07, 6.45) is 5.57. The van der Waals surface area contributed by atoms with Crippen molar-refractivity contribution >= 4 is 14.1 Å². The molecular weight excluding hydrogens is 264 g/mol. The van der Waals surface area contributed by atoms with Crippen molar-refractivity contribution in [3.8, 4) is 0 Å². The van der Waals surface area contributed by atoms with E-state index in [1.54, 1.807) is 6.08 Å². The second kappa shape index (κ2) is 6.57. The molecule has 0 N–H and O–H groups in total. The van der Waals surface area contributed by atoms with Crippen molar-refractivity contribution in [2.24, 2.45) is 17.8 Å². The van der Waals surface area contributed by atoms with Crippen LogP contribution in [0.4, 0.5) is 0 Å². The highest BCUT2D eigenvalue weighted by molar-refractivity contribution is 6.74. The van der Waals surface area contributed by atoms with E-state index in [2.05, 4.69) is 53.8 Å². The maximum Gasteiger partial charge on any atom is 0.191 e. The van der Waals surface area contributed by atoms with Crippen molar-refractivity contribution in [1.82, 2.24) is 0 Å². The number of ketones is 1. The van der Waals surface area contributed by atoms with Gasteiger partial charge in [0.05, 0.1) is 0 Å². The normalized spacial score (nSPS) is 22.4. The van der Waals surface area contributed by atoms with E-state index in [-0.39, 0.29) is 10.8 Å². The van der Waals surface area contributed by atoms with Gasteiger partial charge in [0.25, 0.3) is 0 Å². The SMILES string of the molecule is CC(C)[C@H](CO[Si](C)(C)C(C)(C)C)[C@@H]1C=CC(=O)CC1. The second-order valence-corrected chi connectivity index (χ2v) is 12.8. The molecule has 20 heavy (non-hydrogen) atoms. The fraction of sp³-hybridized carbons (Fsp3) is 0.824. The highest BCUT2D eigenvalue weighted by Crippen LogP contribution is 2.38. The average Bonchev–Trinajstić information content (AvgIpc) is 2.29. The number of hydrogen-bond acceptors (Lipinski definition) is 2. The third-order valence-electron chi connectivity index (χ3n) is 5.10. The molecule has 0 spiro atoms. The molecule has 0 fully saturated rings. The van der Waals surface area contributed by atoms with Crippen LogP contribution in [0.5, 0.6) is 0 Å². The molecule has 2 atom stereocenters. The molecule has 0 saturated heterocycles. The van der Waals surface area contributed by atoms with Crippen LogP contribution >= 0.6 is 0 Å². The number of carbonyl (C=O) groups is 1. The molecule has 1 rings (SSSR count). The van der Waals surface area contributed by atoms with Crippen LogP contribution < -0.4 is 0 Å². The minimum absolute atomic E-state index is 0.257. The Labute approximate surface area is 126 Å². The zero-order chi connectivity index (χ0) is 15.6. The van der Waals surface area contributed by atoms with Gasteiger partial charge in [0.15, 0.2) is 14.1 Å². The van der Waals surface area contributed by atoms with E-state index in [1.165, 1.54) is 0 Å². The minimum Gasteiger partial charge on any atom is -0.417 e. The van der Waals surface area contributed by atoms with Gasteiger partial charge >= 0.3 is 0 Å². The van der Waals surface area contributed by atoms with E-state index in [0.717, 1.165) is 13.0 Å². The summed E-state index contributed by atoms with van der Waals surface area (Å²) in [7, 11) is -1.68. The topological polar surface area (TPSA) is 26.3 Å². The number of rotatable bonds is 5. The fourth-order valence-corrected chi connectivity index (χ4v) is 3.45. The molecular formula is C17H32O2Si. The van der Waals surface area contributed by atoms with Crippen molar-refractivity contribution in [3.05, 3.63) is 12.2 Å². The van der Waals surface area contributed by atoms with Gasteiger partial charge in [-0.1, -0.05) is 40.7 Å². The van der Waals surface area contributed by atoms with Crippen molar-refractivity contribution in [3.63, 3.8) is 0 Å². The molecule has 0 aliphatic heterocycles. The maximum atomic E-state index is 11.3. The number of carbonyl (C=O) groups excluding carboxylic acids is 1. The minimum atomic E-state index is -1.68. The molecule has 3 heteroatoms. The molecule has 1 aliphatic carbocycles. The van der Waals surface area contributed by atoms with E-state index in [0.29, 0.717) is 24.2 Å². The third-order valence-corrected chi connectivity index (χ3v) is 9.60. The molecule has 0 bridgehead atoms. The maximum absolute atomic E-state index is 11.3. The first-order valence-electron chi connectivity index (χ1n) is 7.89. The largest absolute Gasteiger partial charge is 0.417 e. The zero-order valence-electron chi connectivity index (χ0n) is 14.3. The van der Waals surface area contributed by atoms with Crippen molar-refractivity contribution in [1.29, 1.82) is 0 Å². The Bertz CT molecular complexity index is 364. The summed E-state index contributed by atoms with van der Waals surface area (Å²) in [5.74, 6) is 1.88. The van der Waals surface area contributed by atoms with Crippen LogP contribution in [0.15, 0.2) is 12.2 Å². The Morgan fingerprint density at radius 2 is 1.95 bits per heavy atom. The standard InChI is InChI=1S/C17H32O2Si/c1-13(2)16(14-8-10-15(18)11-9-14)12-19-20(6,7)17(3,4)5/h8,10,13-14,16H,9,11-12H2,1-7H3/t14-,16+/m1/s1. The van der Waals surface area contributed by atoms with Gasteiger partial charge in [-0.3, -0.25) is 4.79 Å². The van der Waals surface area contributed by atoms with Crippen molar-refractivity contribution < 1.29 is 9.22 Å². The van der Waals surface area contributed by atoms with E-state index in [1.807, 2.05) is 0 Å². The van der Waals surface area contributed by atoms with Gasteiger partial charge in [-0.05, 0) is 48.4 Å². The monoisotopic (exact) mass is 296 g/mol. The first kappa shape index (κ1) is 17.6. The molecule has 0 saturated carbocycles. The van der Waals surface area contributed by atoms with Gasteiger partial charge in [0.1, 0.15) is 0 Å². The molecule has 0 aromatic carbocycles. The highest BCUT2D eigenvalue weighted by atomic mass is 28.4. The Balaban J connectivity index is 2.70. The summed E-state index contributed by atoms with van der Waals surface area (Å²) in [6.45, 7) is 16.8. The third kappa shape index (κ3) is 4.56. The van der Waals surface area contributed by atoms with E-state index >= 15 is 0 Å².